The molecule has 5 heteroatoms. The largest absolute Gasteiger partial charge is 0.426 e. The third kappa shape index (κ3) is 6.76. The lowest BCUT2D eigenvalue weighted by Gasteiger charge is -2.36. The summed E-state index contributed by atoms with van der Waals surface area (Å²) in [6, 6.07) is 8.80. The molecule has 0 radical (unpaired) electrons. The number of nitriles is 1. The fraction of sp³-hybridized carbons (Fsp3) is 0.667. The first-order valence-corrected chi connectivity index (χ1v) is 12.2. The lowest BCUT2D eigenvalue weighted by atomic mass is 9.82. The Bertz CT molecular complexity index is 668. The monoisotopic (exact) mass is 415 g/mol. The highest BCUT2D eigenvalue weighted by Crippen LogP contribution is 2.39. The summed E-state index contributed by atoms with van der Waals surface area (Å²) in [6.45, 7) is 3.16. The van der Waals surface area contributed by atoms with Crippen molar-refractivity contribution in [2.75, 3.05) is 12.4 Å². The topological polar surface area (TPSA) is 59.3 Å². The minimum absolute atomic E-state index is 0.0261. The van der Waals surface area contributed by atoms with Gasteiger partial charge < -0.3 is 9.47 Å². The van der Waals surface area contributed by atoms with Crippen LogP contribution in [0.15, 0.2) is 24.3 Å². The molecule has 158 valence electrons. The number of nitrogens with zero attached hydrogens (tertiary/aromatic N) is 1. The second-order valence-corrected chi connectivity index (χ2v) is 9.55. The van der Waals surface area contributed by atoms with Crippen molar-refractivity contribution >= 4 is 17.7 Å². The van der Waals surface area contributed by atoms with Gasteiger partial charge in [0.1, 0.15) is 11.2 Å². The summed E-state index contributed by atoms with van der Waals surface area (Å²) in [5.74, 6) is 2.84. The van der Waals surface area contributed by atoms with Gasteiger partial charge in [0.25, 0.3) is 0 Å². The van der Waals surface area contributed by atoms with Crippen LogP contribution in [-0.2, 0) is 9.53 Å². The molecule has 0 amide bonds. The van der Waals surface area contributed by atoms with E-state index in [9.17, 15) is 4.79 Å². The number of thioether (sulfide) groups is 1. The van der Waals surface area contributed by atoms with E-state index < -0.39 is 0 Å². The minimum atomic E-state index is -0.141. The molecule has 0 N–H and O–H groups in total. The Hall–Kier alpha value is -1.51. The summed E-state index contributed by atoms with van der Waals surface area (Å²) in [7, 11) is 0. The van der Waals surface area contributed by atoms with Crippen molar-refractivity contribution in [2.45, 2.75) is 70.1 Å². The lowest BCUT2D eigenvalue weighted by molar-refractivity contribution is -0.140. The molecular weight excluding hydrogens is 382 g/mol. The van der Waals surface area contributed by atoms with Gasteiger partial charge in [-0.3, -0.25) is 4.79 Å². The normalized spacial score (nSPS) is 27.2. The van der Waals surface area contributed by atoms with Crippen LogP contribution in [0, 0.1) is 29.1 Å². The van der Waals surface area contributed by atoms with Crippen LogP contribution in [-0.4, -0.2) is 23.8 Å². The number of benzene rings is 1. The quantitative estimate of drug-likeness (QED) is 0.298. The summed E-state index contributed by atoms with van der Waals surface area (Å²) in [5.41, 5.74) is 0.871. The van der Waals surface area contributed by atoms with Gasteiger partial charge in [-0.05, 0) is 68.2 Å². The first kappa shape index (κ1) is 22.2. The van der Waals surface area contributed by atoms with E-state index in [2.05, 4.69) is 13.0 Å². The van der Waals surface area contributed by atoms with Crippen molar-refractivity contribution in [3.8, 4) is 11.8 Å². The van der Waals surface area contributed by atoms with Crippen molar-refractivity contribution in [3.05, 3.63) is 29.8 Å². The molecule has 1 heterocycles. The standard InChI is InChI=1S/C24H33NO3S/c1-2-3-4-5-6-19-16-27-24(29-17-19)21-11-9-20(10-12-21)23(26)28-22-13-7-18(15-25)8-14-22/h7-8,13-14,19-21,24H,2-6,9-12,16-17H2,1H3/t19-,20?,21?,24-/m1/s1. The third-order valence-electron chi connectivity index (χ3n) is 6.15. The van der Waals surface area contributed by atoms with Gasteiger partial charge in [-0.25, -0.2) is 0 Å². The molecule has 1 aliphatic heterocycles. The smallest absolute Gasteiger partial charge is 0.314 e. The van der Waals surface area contributed by atoms with E-state index in [1.54, 1.807) is 24.3 Å². The van der Waals surface area contributed by atoms with Crippen LogP contribution in [0.5, 0.6) is 5.75 Å². The lowest BCUT2D eigenvalue weighted by Crippen LogP contribution is -2.34. The summed E-state index contributed by atoms with van der Waals surface area (Å²) >= 11 is 1.99. The average Bonchev–Trinajstić information content (AvgIpc) is 2.78. The molecule has 2 fully saturated rings. The number of carbonyl (C=O) groups excluding carboxylic acids is 1. The Morgan fingerprint density at radius 3 is 2.55 bits per heavy atom. The molecule has 1 aromatic carbocycles. The van der Waals surface area contributed by atoms with Gasteiger partial charge in [0.15, 0.2) is 0 Å². The van der Waals surface area contributed by atoms with Crippen molar-refractivity contribution < 1.29 is 14.3 Å². The third-order valence-corrected chi connectivity index (χ3v) is 7.66. The number of ether oxygens (including phenoxy) is 2. The van der Waals surface area contributed by atoms with Crippen LogP contribution in [0.2, 0.25) is 0 Å². The van der Waals surface area contributed by atoms with Gasteiger partial charge in [-0.15, -0.1) is 11.8 Å². The van der Waals surface area contributed by atoms with Crippen LogP contribution >= 0.6 is 11.8 Å². The molecule has 1 saturated heterocycles. The molecule has 3 rings (SSSR count). The van der Waals surface area contributed by atoms with Crippen LogP contribution < -0.4 is 4.74 Å². The van der Waals surface area contributed by atoms with E-state index in [1.807, 2.05) is 11.8 Å². The van der Waals surface area contributed by atoms with E-state index in [0.717, 1.165) is 32.3 Å². The summed E-state index contributed by atoms with van der Waals surface area (Å²) in [6.07, 6.45) is 10.4. The molecule has 2 atom stereocenters. The van der Waals surface area contributed by atoms with E-state index in [1.165, 1.54) is 37.9 Å². The molecule has 1 aromatic rings. The van der Waals surface area contributed by atoms with Gasteiger partial charge in [0.2, 0.25) is 0 Å². The van der Waals surface area contributed by atoms with E-state index in [-0.39, 0.29) is 11.9 Å². The molecule has 29 heavy (non-hydrogen) atoms. The average molecular weight is 416 g/mol. The second-order valence-electron chi connectivity index (χ2n) is 8.42. The van der Waals surface area contributed by atoms with Gasteiger partial charge in [0, 0.05) is 5.75 Å². The molecule has 0 unspecified atom stereocenters. The number of hydrogen-bond acceptors (Lipinski definition) is 5. The van der Waals surface area contributed by atoms with Crippen molar-refractivity contribution in [2.24, 2.45) is 17.8 Å². The predicted molar refractivity (Wildman–Crippen MR) is 117 cm³/mol. The fourth-order valence-corrected chi connectivity index (χ4v) is 5.72. The van der Waals surface area contributed by atoms with Crippen LogP contribution in [0.4, 0.5) is 0 Å². The summed E-state index contributed by atoms with van der Waals surface area (Å²) in [5, 5.41) is 8.85. The number of hydrogen-bond donors (Lipinski definition) is 0. The highest BCUT2D eigenvalue weighted by Gasteiger charge is 2.34. The molecule has 0 aromatic heterocycles. The van der Waals surface area contributed by atoms with E-state index in [0.29, 0.717) is 28.6 Å². The zero-order valence-electron chi connectivity index (χ0n) is 17.5. The molecular formula is C24H33NO3S. The molecule has 1 aliphatic carbocycles. The minimum Gasteiger partial charge on any atom is -0.426 e. The second kappa shape index (κ2) is 11.6. The number of unbranched alkanes of at least 4 members (excludes halogenated alkanes) is 3. The van der Waals surface area contributed by atoms with Crippen LogP contribution in [0.3, 0.4) is 0 Å². The maximum atomic E-state index is 12.5. The zero-order valence-corrected chi connectivity index (χ0v) is 18.3. The highest BCUT2D eigenvalue weighted by molar-refractivity contribution is 7.99. The maximum absolute atomic E-state index is 12.5. The Kier molecular flexibility index (Phi) is 8.89. The van der Waals surface area contributed by atoms with Gasteiger partial charge in [-0.2, -0.15) is 5.26 Å². The molecule has 0 bridgehead atoms. The van der Waals surface area contributed by atoms with E-state index in [4.69, 9.17) is 14.7 Å². The van der Waals surface area contributed by atoms with Gasteiger partial charge in [0.05, 0.1) is 24.2 Å². The van der Waals surface area contributed by atoms with Crippen LogP contribution in [0.1, 0.15) is 70.3 Å². The molecule has 1 saturated carbocycles. The van der Waals surface area contributed by atoms with Crippen molar-refractivity contribution in [1.29, 1.82) is 5.26 Å². The Morgan fingerprint density at radius 2 is 1.93 bits per heavy atom. The fourth-order valence-electron chi connectivity index (χ4n) is 4.28. The highest BCUT2D eigenvalue weighted by atomic mass is 32.2. The number of carbonyl (C=O) groups is 1. The Morgan fingerprint density at radius 1 is 1.17 bits per heavy atom. The molecule has 2 aliphatic rings. The summed E-state index contributed by atoms with van der Waals surface area (Å²) < 4.78 is 11.7. The van der Waals surface area contributed by atoms with Crippen molar-refractivity contribution in [1.82, 2.24) is 0 Å². The number of esters is 1. The first-order chi connectivity index (χ1) is 14.2. The van der Waals surface area contributed by atoms with Gasteiger partial charge >= 0.3 is 5.97 Å². The SMILES string of the molecule is CCCCCC[C@@H]1CO[C@@H](C2CCC(C(=O)Oc3ccc(C#N)cc3)CC2)SC1. The summed E-state index contributed by atoms with van der Waals surface area (Å²) in [4.78, 5) is 12.5. The molecule has 0 spiro atoms. The predicted octanol–water partition coefficient (Wildman–Crippen LogP) is 5.95. The van der Waals surface area contributed by atoms with Crippen LogP contribution in [0.25, 0.3) is 0 Å². The zero-order chi connectivity index (χ0) is 20.5. The maximum Gasteiger partial charge on any atom is 0.314 e. The van der Waals surface area contributed by atoms with E-state index >= 15 is 0 Å². The molecule has 4 nitrogen and oxygen atoms in total. The van der Waals surface area contributed by atoms with Crippen molar-refractivity contribution in [3.63, 3.8) is 0 Å². The Labute approximate surface area is 179 Å². The Balaban J connectivity index is 1.36. The van der Waals surface area contributed by atoms with Gasteiger partial charge in [-0.1, -0.05) is 32.6 Å². The number of rotatable bonds is 8. The first-order valence-electron chi connectivity index (χ1n) is 11.1.